The third-order valence-corrected chi connectivity index (χ3v) is 6.88. The van der Waals surface area contributed by atoms with Crippen molar-refractivity contribution in [2.24, 2.45) is 0 Å². The van der Waals surface area contributed by atoms with Crippen LogP contribution >= 0.6 is 0 Å². The molecule has 2 aromatic heterocycles. The van der Waals surface area contributed by atoms with Crippen molar-refractivity contribution >= 4 is 17.6 Å². The minimum Gasteiger partial charge on any atom is -0.493 e. The number of hydrogen-bond acceptors (Lipinski definition) is 6. The molecule has 0 saturated carbocycles. The van der Waals surface area contributed by atoms with Gasteiger partial charge in [0.15, 0.2) is 0 Å². The first-order valence-corrected chi connectivity index (χ1v) is 11.8. The molecule has 4 heterocycles. The highest BCUT2D eigenvalue weighted by Gasteiger charge is 2.39. The van der Waals surface area contributed by atoms with Gasteiger partial charge in [0.05, 0.1) is 24.3 Å². The summed E-state index contributed by atoms with van der Waals surface area (Å²) >= 11 is 0. The molecule has 10 heteroatoms. The monoisotopic (exact) mass is 464 g/mol. The summed E-state index contributed by atoms with van der Waals surface area (Å²) in [6, 6.07) is 6.98. The molecule has 34 heavy (non-hydrogen) atoms. The van der Waals surface area contributed by atoms with Gasteiger partial charge >= 0.3 is 0 Å². The van der Waals surface area contributed by atoms with E-state index in [-0.39, 0.29) is 35.2 Å². The van der Waals surface area contributed by atoms with Crippen LogP contribution in [0.2, 0.25) is 0 Å². The second-order valence-corrected chi connectivity index (χ2v) is 8.94. The van der Waals surface area contributed by atoms with E-state index in [9.17, 15) is 14.4 Å². The SMILES string of the molecule is CN1C(=O)c2ccccc2OCCCCC[C@H]2[C@@H]1CCCN2C(=O)c1cn2cnnc2[nH]c1=O. The molecule has 0 radical (unpaired) electrons. The molecule has 5 rings (SSSR count). The lowest BCUT2D eigenvalue weighted by molar-refractivity contribution is 0.0286. The number of fused-ring (bicyclic) bond motifs is 3. The molecular formula is C24H28N6O4. The number of carbonyl (C=O) groups excluding carboxylic acids is 2. The minimum absolute atomic E-state index is 0.0480. The maximum absolute atomic E-state index is 13.6. The van der Waals surface area contributed by atoms with Crippen LogP contribution in [0.1, 0.15) is 59.2 Å². The average molecular weight is 465 g/mol. The Morgan fingerprint density at radius 1 is 1.09 bits per heavy atom. The van der Waals surface area contributed by atoms with E-state index in [1.807, 2.05) is 18.2 Å². The number of aromatic nitrogens is 4. The van der Waals surface area contributed by atoms with Crippen LogP contribution in [0, 0.1) is 0 Å². The summed E-state index contributed by atoms with van der Waals surface area (Å²) in [5, 5.41) is 7.61. The fourth-order valence-electron chi connectivity index (χ4n) is 5.11. The van der Waals surface area contributed by atoms with Crippen LogP contribution in [-0.4, -0.2) is 73.5 Å². The van der Waals surface area contributed by atoms with Crippen molar-refractivity contribution < 1.29 is 14.3 Å². The molecule has 178 valence electrons. The summed E-state index contributed by atoms with van der Waals surface area (Å²) in [7, 11) is 1.80. The van der Waals surface area contributed by atoms with Gasteiger partial charge in [-0.15, -0.1) is 10.2 Å². The second-order valence-electron chi connectivity index (χ2n) is 8.94. The lowest BCUT2D eigenvalue weighted by Crippen LogP contribution is -2.58. The molecule has 2 aliphatic heterocycles. The number of H-pyrrole nitrogens is 1. The number of benzene rings is 1. The van der Waals surface area contributed by atoms with Gasteiger partial charge in [-0.25, -0.2) is 0 Å². The van der Waals surface area contributed by atoms with Crippen molar-refractivity contribution in [3.05, 3.63) is 58.3 Å². The maximum Gasteiger partial charge on any atom is 0.265 e. The lowest BCUT2D eigenvalue weighted by atomic mass is 9.89. The topological polar surface area (TPSA) is 113 Å². The molecular weight excluding hydrogens is 436 g/mol. The number of piperidine rings is 1. The quantitative estimate of drug-likeness (QED) is 0.590. The molecule has 3 aromatic rings. The first-order valence-electron chi connectivity index (χ1n) is 11.8. The Balaban J connectivity index is 1.49. The van der Waals surface area contributed by atoms with E-state index in [2.05, 4.69) is 15.2 Å². The van der Waals surface area contributed by atoms with Crippen molar-refractivity contribution in [3.8, 4) is 5.75 Å². The molecule has 0 aliphatic carbocycles. The van der Waals surface area contributed by atoms with Crippen LogP contribution in [0.15, 0.2) is 41.6 Å². The van der Waals surface area contributed by atoms with E-state index in [1.54, 1.807) is 22.9 Å². The molecule has 0 spiro atoms. The first kappa shape index (κ1) is 22.1. The number of aromatic amines is 1. The average Bonchev–Trinajstić information content (AvgIpc) is 3.31. The summed E-state index contributed by atoms with van der Waals surface area (Å²) in [6.45, 7) is 1.08. The van der Waals surface area contributed by atoms with Crippen molar-refractivity contribution in [2.45, 2.75) is 50.6 Å². The largest absolute Gasteiger partial charge is 0.493 e. The van der Waals surface area contributed by atoms with Crippen molar-refractivity contribution in [1.82, 2.24) is 29.4 Å². The molecule has 0 unspecified atom stereocenters. The van der Waals surface area contributed by atoms with Gasteiger partial charge in [-0.1, -0.05) is 18.6 Å². The predicted octanol–water partition coefficient (Wildman–Crippen LogP) is 2.12. The van der Waals surface area contributed by atoms with Gasteiger partial charge in [0.1, 0.15) is 17.6 Å². The number of likely N-dealkylation sites (N-methyl/N-ethyl adjacent to an activating group) is 1. The van der Waals surface area contributed by atoms with Gasteiger partial charge in [0.25, 0.3) is 17.4 Å². The van der Waals surface area contributed by atoms with Crippen LogP contribution in [0.4, 0.5) is 0 Å². The summed E-state index contributed by atoms with van der Waals surface area (Å²) in [5.74, 6) is 0.428. The van der Waals surface area contributed by atoms with Crippen LogP contribution in [0.25, 0.3) is 5.78 Å². The van der Waals surface area contributed by atoms with Gasteiger partial charge in [0, 0.05) is 19.8 Å². The number of nitrogens with one attached hydrogen (secondary N) is 1. The molecule has 10 nitrogen and oxygen atoms in total. The third kappa shape index (κ3) is 4.04. The van der Waals surface area contributed by atoms with Crippen molar-refractivity contribution in [3.63, 3.8) is 0 Å². The molecule has 1 fully saturated rings. The summed E-state index contributed by atoms with van der Waals surface area (Å²) < 4.78 is 7.44. The fourth-order valence-corrected chi connectivity index (χ4v) is 5.11. The summed E-state index contributed by atoms with van der Waals surface area (Å²) in [4.78, 5) is 46.0. The first-order chi connectivity index (χ1) is 16.5. The Hall–Kier alpha value is -3.69. The highest BCUT2D eigenvalue weighted by Crippen LogP contribution is 2.30. The van der Waals surface area contributed by atoms with Crippen LogP contribution in [0.5, 0.6) is 5.75 Å². The normalized spacial score (nSPS) is 21.7. The van der Waals surface area contributed by atoms with E-state index < -0.39 is 5.56 Å². The van der Waals surface area contributed by atoms with Gasteiger partial charge in [-0.3, -0.25) is 23.8 Å². The van der Waals surface area contributed by atoms with E-state index in [0.29, 0.717) is 24.5 Å². The minimum atomic E-state index is -0.490. The molecule has 1 N–H and O–H groups in total. The Morgan fingerprint density at radius 3 is 2.79 bits per heavy atom. The van der Waals surface area contributed by atoms with Gasteiger partial charge in [0.2, 0.25) is 5.78 Å². The molecule has 1 aromatic carbocycles. The summed E-state index contributed by atoms with van der Waals surface area (Å²) in [6.07, 6.45) is 7.95. The highest BCUT2D eigenvalue weighted by molar-refractivity contribution is 5.97. The predicted molar refractivity (Wildman–Crippen MR) is 124 cm³/mol. The number of carbonyl (C=O) groups is 2. The van der Waals surface area contributed by atoms with Crippen LogP contribution in [-0.2, 0) is 0 Å². The molecule has 0 bridgehead atoms. The Labute approximate surface area is 196 Å². The zero-order valence-electron chi connectivity index (χ0n) is 19.1. The van der Waals surface area contributed by atoms with Gasteiger partial charge in [-0.2, -0.15) is 0 Å². The molecule has 2 amide bonds. The number of hydrogen-bond donors (Lipinski definition) is 1. The van der Waals surface area contributed by atoms with E-state index in [0.717, 1.165) is 38.5 Å². The Bertz CT molecular complexity index is 1270. The zero-order chi connectivity index (χ0) is 23.7. The maximum atomic E-state index is 13.6. The van der Waals surface area contributed by atoms with E-state index in [1.165, 1.54) is 16.9 Å². The smallest absolute Gasteiger partial charge is 0.265 e. The number of nitrogens with zero attached hydrogens (tertiary/aromatic N) is 5. The second kappa shape index (κ2) is 9.28. The van der Waals surface area contributed by atoms with Crippen LogP contribution < -0.4 is 10.3 Å². The van der Waals surface area contributed by atoms with Gasteiger partial charge < -0.3 is 14.5 Å². The Morgan fingerprint density at radius 2 is 1.91 bits per heavy atom. The highest BCUT2D eigenvalue weighted by atomic mass is 16.5. The number of ether oxygens (including phenoxy) is 1. The fraction of sp³-hybridized carbons (Fsp3) is 0.458. The number of amides is 2. The lowest BCUT2D eigenvalue weighted by Gasteiger charge is -2.45. The number of rotatable bonds is 1. The molecule has 1 saturated heterocycles. The number of para-hydroxylation sites is 1. The van der Waals surface area contributed by atoms with Crippen LogP contribution in [0.3, 0.4) is 0 Å². The Kier molecular flexibility index (Phi) is 6.04. The third-order valence-electron chi connectivity index (χ3n) is 6.88. The van der Waals surface area contributed by atoms with E-state index >= 15 is 0 Å². The standard InChI is InChI=1S/C24H28N6O4/c1-28-18-10-7-12-30(23(33)17-14-29-15-25-27-24(29)26-21(17)31)19(18)9-3-2-6-13-34-20-11-5-4-8-16(20)22(28)32/h4-5,8,11,14-15,18-19H,2-3,6-7,9-10,12-13H2,1H3,(H,26,27,31)/t18-,19-/m0/s1. The summed E-state index contributed by atoms with van der Waals surface area (Å²) in [5.41, 5.74) is 0.0883. The zero-order valence-corrected chi connectivity index (χ0v) is 19.1. The van der Waals surface area contributed by atoms with E-state index in [4.69, 9.17) is 4.74 Å². The molecule has 2 atom stereocenters. The number of likely N-dealkylation sites (tertiary alicyclic amines) is 1. The molecule has 2 aliphatic rings. The van der Waals surface area contributed by atoms with Crippen molar-refractivity contribution in [2.75, 3.05) is 20.2 Å². The van der Waals surface area contributed by atoms with Gasteiger partial charge in [-0.05, 0) is 44.2 Å². The van der Waals surface area contributed by atoms with Crippen molar-refractivity contribution in [1.29, 1.82) is 0 Å².